The molecule has 0 aliphatic rings. The van der Waals surface area contributed by atoms with Gasteiger partial charge in [-0.1, -0.05) is 18.7 Å². The van der Waals surface area contributed by atoms with Crippen LogP contribution in [0.3, 0.4) is 0 Å². The van der Waals surface area contributed by atoms with Gasteiger partial charge in [0.05, 0.1) is 17.1 Å². The minimum absolute atomic E-state index is 0.138. The highest BCUT2D eigenvalue weighted by Crippen LogP contribution is 2.17. The Labute approximate surface area is 121 Å². The molecule has 20 heavy (non-hydrogen) atoms. The lowest BCUT2D eigenvalue weighted by atomic mass is 10.2. The van der Waals surface area contributed by atoms with Gasteiger partial charge in [0.25, 0.3) is 10.0 Å². The van der Waals surface area contributed by atoms with Crippen molar-refractivity contribution >= 4 is 10.0 Å². The van der Waals surface area contributed by atoms with Crippen molar-refractivity contribution in [2.75, 3.05) is 6.61 Å². The van der Waals surface area contributed by atoms with Crippen molar-refractivity contribution in [3.63, 3.8) is 0 Å². The molecule has 0 bridgehead atoms. The molecule has 5 nitrogen and oxygen atoms in total. The van der Waals surface area contributed by atoms with Gasteiger partial charge in [0.2, 0.25) is 0 Å². The number of sulfonamides is 1. The maximum absolute atomic E-state index is 12.0. The molecular formula is C14H23NO4S. The minimum atomic E-state index is -3.67. The van der Waals surface area contributed by atoms with Crippen molar-refractivity contribution in [2.24, 2.45) is 5.92 Å². The van der Waals surface area contributed by atoms with Crippen LogP contribution in [0.2, 0.25) is 0 Å². The summed E-state index contributed by atoms with van der Waals surface area (Å²) in [5.74, 6) is 1.06. The van der Waals surface area contributed by atoms with Crippen LogP contribution in [-0.2, 0) is 14.9 Å². The summed E-state index contributed by atoms with van der Waals surface area (Å²) in [5.41, 5.74) is -0.590. The van der Waals surface area contributed by atoms with Crippen molar-refractivity contribution in [2.45, 2.75) is 45.1 Å². The van der Waals surface area contributed by atoms with E-state index in [-0.39, 0.29) is 4.90 Å². The lowest BCUT2D eigenvalue weighted by Gasteiger charge is -2.19. The Morgan fingerprint density at radius 1 is 1.15 bits per heavy atom. The highest BCUT2D eigenvalue weighted by molar-refractivity contribution is 7.89. The largest absolute Gasteiger partial charge is 0.493 e. The van der Waals surface area contributed by atoms with E-state index in [0.717, 1.165) is 0 Å². The second-order valence-corrected chi connectivity index (χ2v) is 7.62. The van der Waals surface area contributed by atoms with Gasteiger partial charge >= 0.3 is 0 Å². The van der Waals surface area contributed by atoms with E-state index in [2.05, 4.69) is 4.89 Å². The molecule has 0 heterocycles. The first kappa shape index (κ1) is 16.9. The van der Waals surface area contributed by atoms with Gasteiger partial charge in [-0.05, 0) is 51.0 Å². The lowest BCUT2D eigenvalue weighted by molar-refractivity contribution is -0.0357. The van der Waals surface area contributed by atoms with E-state index in [1.807, 2.05) is 13.8 Å². The zero-order valence-electron chi connectivity index (χ0n) is 12.6. The van der Waals surface area contributed by atoms with Crippen molar-refractivity contribution in [1.29, 1.82) is 0 Å². The highest BCUT2D eigenvalue weighted by Gasteiger charge is 2.19. The normalized spacial score (nSPS) is 12.7. The number of ether oxygens (including phenoxy) is 1. The molecule has 1 rings (SSSR count). The standard InChI is InChI=1S/C14H23NO4S/c1-11(2)10-18-12-6-8-13(9-7-12)20(16,17)15-19-14(3,4)5/h6-9,11,15H,10H2,1-5H3. The van der Waals surface area contributed by atoms with Crippen molar-refractivity contribution in [1.82, 2.24) is 4.89 Å². The first-order valence-electron chi connectivity index (χ1n) is 6.53. The number of hydrogen-bond donors (Lipinski definition) is 1. The summed E-state index contributed by atoms with van der Waals surface area (Å²) in [7, 11) is -3.67. The average Bonchev–Trinajstić information content (AvgIpc) is 2.34. The summed E-state index contributed by atoms with van der Waals surface area (Å²) in [6.07, 6.45) is 0. The number of hydrogen-bond acceptors (Lipinski definition) is 4. The van der Waals surface area contributed by atoms with Crippen LogP contribution in [0.25, 0.3) is 0 Å². The van der Waals surface area contributed by atoms with Crippen molar-refractivity contribution < 1.29 is 18.0 Å². The zero-order chi connectivity index (χ0) is 15.4. The summed E-state index contributed by atoms with van der Waals surface area (Å²) >= 11 is 0. The third-order valence-corrected chi connectivity index (χ3v) is 3.37. The SMILES string of the molecule is CC(C)COc1ccc(S(=O)(=O)NOC(C)(C)C)cc1. The molecule has 0 aliphatic carbocycles. The third-order valence-electron chi connectivity index (χ3n) is 2.17. The Morgan fingerprint density at radius 3 is 2.15 bits per heavy atom. The Morgan fingerprint density at radius 2 is 1.70 bits per heavy atom. The maximum Gasteiger partial charge on any atom is 0.262 e. The van der Waals surface area contributed by atoms with Crippen molar-refractivity contribution in [3.8, 4) is 5.75 Å². The van der Waals surface area contributed by atoms with Crippen molar-refractivity contribution in [3.05, 3.63) is 24.3 Å². The van der Waals surface area contributed by atoms with Crippen LogP contribution in [0.15, 0.2) is 29.2 Å². The summed E-state index contributed by atoms with van der Waals surface area (Å²) in [6.45, 7) is 9.98. The van der Waals surface area contributed by atoms with Gasteiger partial charge in [-0.25, -0.2) is 8.42 Å². The van der Waals surface area contributed by atoms with Gasteiger partial charge in [0, 0.05) is 0 Å². The summed E-state index contributed by atoms with van der Waals surface area (Å²) in [5, 5.41) is 0. The van der Waals surface area contributed by atoms with E-state index in [1.54, 1.807) is 32.9 Å². The summed E-state index contributed by atoms with van der Waals surface area (Å²) in [4.78, 5) is 7.34. The van der Waals surface area contributed by atoms with E-state index in [1.165, 1.54) is 12.1 Å². The number of rotatable bonds is 6. The molecule has 0 aromatic heterocycles. The molecule has 0 unspecified atom stereocenters. The smallest absolute Gasteiger partial charge is 0.262 e. The van der Waals surface area contributed by atoms with Crippen LogP contribution in [0.1, 0.15) is 34.6 Å². The molecule has 0 radical (unpaired) electrons. The molecule has 0 aliphatic heterocycles. The Hall–Kier alpha value is -1.11. The van der Waals surface area contributed by atoms with Gasteiger partial charge < -0.3 is 4.74 Å². The van der Waals surface area contributed by atoms with Gasteiger partial charge in [-0.2, -0.15) is 0 Å². The molecule has 0 saturated heterocycles. The van der Waals surface area contributed by atoms with Crippen LogP contribution in [-0.4, -0.2) is 20.6 Å². The number of nitrogens with one attached hydrogen (secondary N) is 1. The van der Waals surface area contributed by atoms with Gasteiger partial charge in [-0.3, -0.25) is 4.84 Å². The van der Waals surface area contributed by atoms with Crippen LogP contribution >= 0.6 is 0 Å². The third kappa shape index (κ3) is 5.90. The van der Waals surface area contributed by atoms with E-state index in [0.29, 0.717) is 18.3 Å². The fraction of sp³-hybridized carbons (Fsp3) is 0.571. The topological polar surface area (TPSA) is 64.6 Å². The molecule has 0 amide bonds. The monoisotopic (exact) mass is 301 g/mol. The fourth-order valence-corrected chi connectivity index (χ4v) is 2.16. The van der Waals surface area contributed by atoms with E-state index >= 15 is 0 Å². The second kappa shape index (κ2) is 6.56. The molecule has 1 aromatic rings. The van der Waals surface area contributed by atoms with E-state index in [4.69, 9.17) is 9.57 Å². The first-order chi connectivity index (χ1) is 9.10. The molecule has 1 aromatic carbocycles. The minimum Gasteiger partial charge on any atom is -0.493 e. The maximum atomic E-state index is 12.0. The summed E-state index contributed by atoms with van der Waals surface area (Å²) in [6, 6.07) is 6.25. The lowest BCUT2D eigenvalue weighted by Crippen LogP contribution is -2.33. The molecule has 0 fully saturated rings. The average molecular weight is 301 g/mol. The fourth-order valence-electron chi connectivity index (χ4n) is 1.21. The highest BCUT2D eigenvalue weighted by atomic mass is 32.2. The van der Waals surface area contributed by atoms with Gasteiger partial charge in [0.15, 0.2) is 0 Å². The molecular weight excluding hydrogens is 278 g/mol. The number of benzene rings is 1. The Kier molecular flexibility index (Phi) is 5.56. The molecule has 1 N–H and O–H groups in total. The molecule has 0 atom stereocenters. The molecule has 0 spiro atoms. The molecule has 114 valence electrons. The molecule has 6 heteroatoms. The Balaban J connectivity index is 2.72. The summed E-state index contributed by atoms with van der Waals surface area (Å²) < 4.78 is 29.5. The van der Waals surface area contributed by atoms with Gasteiger partial charge in [-0.15, -0.1) is 0 Å². The molecule has 0 saturated carbocycles. The quantitative estimate of drug-likeness (QED) is 0.821. The van der Waals surface area contributed by atoms with Crippen LogP contribution in [0.5, 0.6) is 5.75 Å². The van der Waals surface area contributed by atoms with E-state index < -0.39 is 15.6 Å². The predicted molar refractivity (Wildman–Crippen MR) is 77.9 cm³/mol. The van der Waals surface area contributed by atoms with Crippen LogP contribution in [0, 0.1) is 5.92 Å². The first-order valence-corrected chi connectivity index (χ1v) is 8.01. The Bertz CT molecular complexity index is 515. The second-order valence-electron chi connectivity index (χ2n) is 5.98. The van der Waals surface area contributed by atoms with Gasteiger partial charge in [0.1, 0.15) is 5.75 Å². The predicted octanol–water partition coefficient (Wildman–Crippen LogP) is 2.73. The van der Waals surface area contributed by atoms with Crippen LogP contribution in [0.4, 0.5) is 0 Å². The van der Waals surface area contributed by atoms with E-state index in [9.17, 15) is 8.42 Å². The van der Waals surface area contributed by atoms with Crippen LogP contribution < -0.4 is 9.62 Å². The zero-order valence-corrected chi connectivity index (χ0v) is 13.5.